The van der Waals surface area contributed by atoms with Gasteiger partial charge in [-0.05, 0) is 27.0 Å². The van der Waals surface area contributed by atoms with Gasteiger partial charge in [-0.1, -0.05) is 6.92 Å². The van der Waals surface area contributed by atoms with Crippen LogP contribution in [0.4, 0.5) is 0 Å². The monoisotopic (exact) mass is 254 g/mol. The lowest BCUT2D eigenvalue weighted by molar-refractivity contribution is -0.125. The van der Waals surface area contributed by atoms with Gasteiger partial charge in [0, 0.05) is 23.3 Å². The smallest absolute Gasteiger partial charge is 0.224 e. The van der Waals surface area contributed by atoms with Gasteiger partial charge in [-0.3, -0.25) is 4.79 Å². The average Bonchev–Trinajstić information content (AvgIpc) is 2.13. The molecule has 0 saturated carbocycles. The summed E-state index contributed by atoms with van der Waals surface area (Å²) in [6.07, 6.45) is 2.04. The highest BCUT2D eigenvalue weighted by molar-refractivity contribution is 7.99. The normalized spacial score (nSPS) is 15.1. The highest BCUT2D eigenvalue weighted by Gasteiger charge is 2.21. The van der Waals surface area contributed by atoms with Crippen LogP contribution in [-0.4, -0.2) is 29.5 Å². The fraction of sp³-hybridized carbons (Fsp3) is 0.900. The standard InChI is InChI=1S/C10H22N2OS.ClH/c1-7(8(2)11)9(13)12-6-10(3,4)14-5;/h7-8H,6,11H2,1-5H3,(H,12,13);1H. The van der Waals surface area contributed by atoms with Crippen molar-refractivity contribution in [3.05, 3.63) is 0 Å². The minimum Gasteiger partial charge on any atom is -0.354 e. The van der Waals surface area contributed by atoms with Gasteiger partial charge in [0.25, 0.3) is 0 Å². The lowest BCUT2D eigenvalue weighted by Crippen LogP contribution is -2.43. The predicted molar refractivity (Wildman–Crippen MR) is 70.7 cm³/mol. The number of nitrogens with one attached hydrogen (secondary N) is 1. The van der Waals surface area contributed by atoms with Crippen molar-refractivity contribution >= 4 is 30.1 Å². The quantitative estimate of drug-likeness (QED) is 0.785. The molecule has 0 saturated heterocycles. The van der Waals surface area contributed by atoms with Crippen LogP contribution < -0.4 is 11.1 Å². The summed E-state index contributed by atoms with van der Waals surface area (Å²) in [5, 5.41) is 2.92. The van der Waals surface area contributed by atoms with Crippen LogP contribution in [0.15, 0.2) is 0 Å². The second-order valence-electron chi connectivity index (χ2n) is 4.33. The van der Waals surface area contributed by atoms with Crippen molar-refractivity contribution < 1.29 is 4.79 Å². The number of amides is 1. The van der Waals surface area contributed by atoms with E-state index in [1.807, 2.05) is 20.1 Å². The molecule has 0 spiro atoms. The highest BCUT2D eigenvalue weighted by Crippen LogP contribution is 2.19. The van der Waals surface area contributed by atoms with Gasteiger partial charge >= 0.3 is 0 Å². The number of hydrogen-bond acceptors (Lipinski definition) is 3. The van der Waals surface area contributed by atoms with Crippen molar-refractivity contribution in [3.8, 4) is 0 Å². The Morgan fingerprint density at radius 3 is 2.27 bits per heavy atom. The molecule has 92 valence electrons. The Labute approximate surface area is 103 Å². The topological polar surface area (TPSA) is 55.1 Å². The lowest BCUT2D eigenvalue weighted by Gasteiger charge is -2.24. The molecule has 0 radical (unpaired) electrons. The minimum absolute atomic E-state index is 0. The zero-order valence-electron chi connectivity index (χ0n) is 10.2. The Kier molecular flexibility index (Phi) is 8.57. The summed E-state index contributed by atoms with van der Waals surface area (Å²) < 4.78 is 0.0905. The second-order valence-corrected chi connectivity index (χ2v) is 5.84. The molecule has 0 heterocycles. The molecule has 0 aliphatic rings. The van der Waals surface area contributed by atoms with Crippen molar-refractivity contribution in [2.45, 2.75) is 38.5 Å². The third kappa shape index (κ3) is 7.03. The lowest BCUT2D eigenvalue weighted by atomic mass is 10.0. The first kappa shape index (κ1) is 17.5. The van der Waals surface area contributed by atoms with Gasteiger partial charge in [0.05, 0.1) is 0 Å². The molecule has 0 aromatic rings. The van der Waals surface area contributed by atoms with Crippen molar-refractivity contribution in [1.82, 2.24) is 5.32 Å². The zero-order chi connectivity index (χ0) is 11.4. The Hall–Kier alpha value is 0.0700. The molecule has 1 amide bonds. The van der Waals surface area contributed by atoms with Crippen molar-refractivity contribution in [1.29, 1.82) is 0 Å². The zero-order valence-corrected chi connectivity index (χ0v) is 11.8. The van der Waals surface area contributed by atoms with Crippen LogP contribution in [0.3, 0.4) is 0 Å². The van der Waals surface area contributed by atoms with E-state index in [-0.39, 0.29) is 35.0 Å². The van der Waals surface area contributed by atoms with E-state index < -0.39 is 0 Å². The number of carbonyl (C=O) groups excluding carboxylic acids is 1. The summed E-state index contributed by atoms with van der Waals surface area (Å²) in [5.41, 5.74) is 5.64. The molecule has 0 rings (SSSR count). The summed E-state index contributed by atoms with van der Waals surface area (Å²) >= 11 is 1.74. The van der Waals surface area contributed by atoms with E-state index in [4.69, 9.17) is 5.73 Å². The van der Waals surface area contributed by atoms with E-state index >= 15 is 0 Å². The molecule has 3 N–H and O–H groups in total. The molecule has 0 aliphatic heterocycles. The molecular formula is C10H23ClN2OS. The fourth-order valence-electron chi connectivity index (χ4n) is 0.772. The Morgan fingerprint density at radius 1 is 1.47 bits per heavy atom. The molecule has 0 aromatic heterocycles. The Balaban J connectivity index is 0. The van der Waals surface area contributed by atoms with Crippen LogP contribution >= 0.6 is 24.2 Å². The maximum absolute atomic E-state index is 11.5. The highest BCUT2D eigenvalue weighted by atomic mass is 35.5. The van der Waals surface area contributed by atoms with E-state index in [2.05, 4.69) is 19.2 Å². The average molecular weight is 255 g/mol. The Morgan fingerprint density at radius 2 is 1.93 bits per heavy atom. The molecule has 2 atom stereocenters. The molecule has 5 heteroatoms. The first-order chi connectivity index (χ1) is 6.30. The number of rotatable bonds is 5. The first-order valence-electron chi connectivity index (χ1n) is 4.88. The van der Waals surface area contributed by atoms with Gasteiger partial charge in [-0.15, -0.1) is 12.4 Å². The van der Waals surface area contributed by atoms with Gasteiger partial charge in [-0.25, -0.2) is 0 Å². The van der Waals surface area contributed by atoms with Crippen LogP contribution in [-0.2, 0) is 4.79 Å². The van der Waals surface area contributed by atoms with E-state index in [9.17, 15) is 4.79 Å². The predicted octanol–water partition coefficient (Wildman–Crippen LogP) is 1.65. The SMILES string of the molecule is CSC(C)(C)CNC(=O)C(C)C(C)N.Cl. The third-order valence-corrected chi connectivity index (χ3v) is 3.69. The third-order valence-electron chi connectivity index (χ3n) is 2.44. The minimum atomic E-state index is -0.118. The van der Waals surface area contributed by atoms with E-state index in [0.29, 0.717) is 6.54 Å². The molecule has 0 bridgehead atoms. The maximum atomic E-state index is 11.5. The van der Waals surface area contributed by atoms with Crippen LogP contribution in [0.1, 0.15) is 27.7 Å². The van der Waals surface area contributed by atoms with Crippen molar-refractivity contribution in [2.75, 3.05) is 12.8 Å². The van der Waals surface area contributed by atoms with Crippen LogP contribution in [0.25, 0.3) is 0 Å². The molecule has 0 aromatic carbocycles. The van der Waals surface area contributed by atoms with Crippen LogP contribution in [0, 0.1) is 5.92 Å². The van der Waals surface area contributed by atoms with Gasteiger partial charge in [0.15, 0.2) is 0 Å². The van der Waals surface area contributed by atoms with Crippen molar-refractivity contribution in [3.63, 3.8) is 0 Å². The van der Waals surface area contributed by atoms with Gasteiger partial charge in [0.2, 0.25) is 5.91 Å². The molecular weight excluding hydrogens is 232 g/mol. The van der Waals surface area contributed by atoms with Crippen molar-refractivity contribution in [2.24, 2.45) is 11.7 Å². The van der Waals surface area contributed by atoms with Crippen LogP contribution in [0.5, 0.6) is 0 Å². The van der Waals surface area contributed by atoms with E-state index in [1.165, 1.54) is 0 Å². The maximum Gasteiger partial charge on any atom is 0.224 e. The van der Waals surface area contributed by atoms with E-state index in [1.54, 1.807) is 11.8 Å². The molecule has 0 aliphatic carbocycles. The number of carbonyl (C=O) groups is 1. The van der Waals surface area contributed by atoms with Crippen LogP contribution in [0.2, 0.25) is 0 Å². The largest absolute Gasteiger partial charge is 0.354 e. The summed E-state index contributed by atoms with van der Waals surface area (Å²) in [6, 6.07) is -0.0904. The Bertz CT molecular complexity index is 198. The summed E-state index contributed by atoms with van der Waals surface area (Å²) in [7, 11) is 0. The molecule has 0 fully saturated rings. The summed E-state index contributed by atoms with van der Waals surface area (Å²) in [6.45, 7) is 8.60. The number of halogens is 1. The fourth-order valence-corrected chi connectivity index (χ4v) is 0.988. The molecule has 3 nitrogen and oxygen atoms in total. The first-order valence-corrected chi connectivity index (χ1v) is 6.11. The van der Waals surface area contributed by atoms with Gasteiger partial charge in [-0.2, -0.15) is 11.8 Å². The van der Waals surface area contributed by atoms with E-state index in [0.717, 1.165) is 0 Å². The second kappa shape index (κ2) is 7.36. The number of thioether (sulfide) groups is 1. The molecule has 2 unspecified atom stereocenters. The number of hydrogen-bond donors (Lipinski definition) is 2. The summed E-state index contributed by atoms with van der Waals surface area (Å²) in [5.74, 6) is -0.0743. The van der Waals surface area contributed by atoms with Gasteiger partial charge in [0.1, 0.15) is 0 Å². The summed E-state index contributed by atoms with van der Waals surface area (Å²) in [4.78, 5) is 11.5. The number of nitrogens with two attached hydrogens (primary N) is 1. The molecule has 15 heavy (non-hydrogen) atoms. The van der Waals surface area contributed by atoms with Gasteiger partial charge < -0.3 is 11.1 Å².